The Morgan fingerprint density at radius 2 is 0.389 bits per heavy atom. The number of alkyl halides is 52. The highest BCUT2D eigenvalue weighted by molar-refractivity contribution is 5.36. The van der Waals surface area contributed by atoms with Gasteiger partial charge in [0.25, 0.3) is 0 Å². The zero-order valence-corrected chi connectivity index (χ0v) is 48.9. The molecule has 0 saturated carbocycles. The minimum absolute atomic E-state index is 0.0409. The molecule has 14 nitrogen and oxygen atoms in total. The van der Waals surface area contributed by atoms with Crippen molar-refractivity contribution >= 4 is 11.9 Å². The van der Waals surface area contributed by atoms with Gasteiger partial charge in [0.05, 0.1) is 13.2 Å². The molecule has 2 atom stereocenters. The molecule has 2 aromatic heterocycles. The van der Waals surface area contributed by atoms with Crippen LogP contribution in [0.4, 0.5) is 240 Å². The summed E-state index contributed by atoms with van der Waals surface area (Å²) in [5.41, 5.74) is 0. The third-order valence-corrected chi connectivity index (χ3v) is 13.9. The Balaban J connectivity index is 1.88. The van der Waals surface area contributed by atoms with Crippen LogP contribution in [0, 0.1) is 0 Å². The standard InChI is InChI=1S/C42H22F52N8O6/c43-19(44,23(51,52)27(59,60)31(67,68)35(75,76)39(83,84)85)7-105-15-95-13(96-16(99-15)106-8-20(45,46)24(53,54)28(61,62)32(69,70)36(77,78)40(86,87)88)101-1-3-103-11(5-101)12-6-102(2-4-104-12)14-97-17(107-9-21(47,48)25(55,56)29(63,64)33(71,72)37(79,80)41(89,90)91)100-18(98-14)108-10-22(49,50)26(57,58)30(65,66)34(73,74)38(81,82)42(92,93)94/h11-12H,1-10H2. The van der Waals surface area contributed by atoms with Gasteiger partial charge in [0.1, 0.15) is 12.2 Å². The quantitative estimate of drug-likeness (QED) is 0.0662. The third-order valence-electron chi connectivity index (χ3n) is 13.9. The van der Waals surface area contributed by atoms with Crippen molar-refractivity contribution in [2.24, 2.45) is 0 Å². The molecule has 2 aromatic rings. The Morgan fingerprint density at radius 3 is 0.546 bits per heavy atom. The van der Waals surface area contributed by atoms with Gasteiger partial charge < -0.3 is 38.2 Å². The number of aromatic nitrogens is 6. The summed E-state index contributed by atoms with van der Waals surface area (Å²) < 4.78 is 744. The molecule has 4 heterocycles. The Morgan fingerprint density at radius 1 is 0.231 bits per heavy atom. The zero-order chi connectivity index (χ0) is 85.3. The summed E-state index contributed by atoms with van der Waals surface area (Å²) in [4.78, 5) is 15.9. The SMILES string of the molecule is FC(F)(F)C(F)(F)C(F)(F)C(F)(F)C(F)(F)C(F)(F)COc1nc(OCC(F)(F)C(F)(F)C(F)(F)C(F)(F)C(F)(F)C(F)(F)F)nc(N2CCOC(C3CN(c4nc(OCC(F)(F)C(F)(F)C(F)(F)C(F)(F)C(F)(F)C(F)(F)F)nc(OCC(F)(F)C(F)(F)C(F)(F)C(F)(F)C(F)(F)C(F)(F)F)n4)CCO3)C2)n1. The number of nitrogens with zero attached hydrogens (tertiary/aromatic N) is 8. The fraction of sp³-hybridized carbons (Fsp3) is 0.857. The molecular formula is C42H22F52N8O6. The van der Waals surface area contributed by atoms with Gasteiger partial charge in [-0.15, -0.1) is 9.97 Å². The van der Waals surface area contributed by atoms with Crippen LogP contribution in [0.3, 0.4) is 0 Å². The van der Waals surface area contributed by atoms with E-state index in [1.54, 1.807) is 0 Å². The van der Waals surface area contributed by atoms with Crippen molar-refractivity contribution in [3.63, 3.8) is 0 Å². The second-order valence-corrected chi connectivity index (χ2v) is 21.3. The smallest absolute Gasteiger partial charge is 0.457 e. The Kier molecular flexibility index (Phi) is 23.8. The van der Waals surface area contributed by atoms with Crippen LogP contribution in [0.15, 0.2) is 0 Å². The summed E-state index contributed by atoms with van der Waals surface area (Å²) in [5, 5.41) is 0. The second-order valence-electron chi connectivity index (χ2n) is 21.3. The molecular weight excluding hydrogens is 1700 g/mol. The maximum absolute atomic E-state index is 14.8. The Labute approximate surface area is 554 Å². The van der Waals surface area contributed by atoms with Gasteiger partial charge in [-0.05, 0) is 0 Å². The molecule has 0 radical (unpaired) electrons. The minimum atomic E-state index is -8.71. The summed E-state index contributed by atoms with van der Waals surface area (Å²) in [7, 11) is 0. The van der Waals surface area contributed by atoms with Crippen molar-refractivity contribution in [2.75, 3.05) is 75.6 Å². The van der Waals surface area contributed by atoms with Crippen molar-refractivity contribution in [2.45, 2.75) is 155 Å². The first-order valence-electron chi connectivity index (χ1n) is 25.8. The predicted molar refractivity (Wildman–Crippen MR) is 229 cm³/mol. The topological polar surface area (TPSA) is 139 Å². The summed E-state index contributed by atoms with van der Waals surface area (Å²) in [5.74, 6) is -171. The maximum atomic E-state index is 14.8. The van der Waals surface area contributed by atoms with Crippen LogP contribution in [-0.4, -0.2) is 251 Å². The molecule has 66 heteroatoms. The summed E-state index contributed by atoms with van der Waals surface area (Å²) in [6.07, 6.45) is -36.8. The minimum Gasteiger partial charge on any atom is -0.457 e. The van der Waals surface area contributed by atoms with Crippen molar-refractivity contribution < 1.29 is 257 Å². The molecule has 2 aliphatic heterocycles. The van der Waals surface area contributed by atoms with Crippen LogP contribution in [0.1, 0.15) is 0 Å². The Bertz CT molecular complexity index is 3050. The van der Waals surface area contributed by atoms with Gasteiger partial charge >= 0.3 is 167 Å². The lowest BCUT2D eigenvalue weighted by molar-refractivity contribution is -0.440. The molecule has 0 bridgehead atoms. The van der Waals surface area contributed by atoms with Crippen molar-refractivity contribution in [3.05, 3.63) is 0 Å². The average molecular weight is 1720 g/mol. The number of halogens is 52. The molecule has 0 amide bonds. The maximum Gasteiger partial charge on any atom is 0.460 e. The lowest BCUT2D eigenvalue weighted by Gasteiger charge is -2.41. The monoisotopic (exact) mass is 1720 g/mol. The number of rotatable bonds is 31. The molecule has 0 aliphatic carbocycles. The largest absolute Gasteiger partial charge is 0.460 e. The highest BCUT2D eigenvalue weighted by Crippen LogP contribution is 2.65. The van der Waals surface area contributed by atoms with Crippen LogP contribution in [0.25, 0.3) is 0 Å². The first-order chi connectivity index (χ1) is 47.2. The molecule has 2 saturated heterocycles. The number of hydrogen-bond donors (Lipinski definition) is 0. The lowest BCUT2D eigenvalue weighted by atomic mass is 9.94. The van der Waals surface area contributed by atoms with Gasteiger partial charge in [0.2, 0.25) is 11.9 Å². The van der Waals surface area contributed by atoms with E-state index in [1.807, 2.05) is 0 Å². The molecule has 108 heavy (non-hydrogen) atoms. The molecule has 0 spiro atoms. The third kappa shape index (κ3) is 14.9. The summed E-state index contributed by atoms with van der Waals surface area (Å²) in [6, 6.07) is -10.9. The van der Waals surface area contributed by atoms with E-state index in [2.05, 4.69) is 48.9 Å². The van der Waals surface area contributed by atoms with E-state index in [1.165, 1.54) is 0 Å². The first-order valence-corrected chi connectivity index (χ1v) is 25.8. The number of hydrogen-bond acceptors (Lipinski definition) is 14. The molecule has 0 N–H and O–H groups in total. The number of anilines is 2. The van der Waals surface area contributed by atoms with Crippen LogP contribution < -0.4 is 28.7 Å². The average Bonchev–Trinajstić information content (AvgIpc) is 0.728. The van der Waals surface area contributed by atoms with Gasteiger partial charge in [0, 0.05) is 26.2 Å². The number of morpholine rings is 2. The van der Waals surface area contributed by atoms with Gasteiger partial charge in [-0.3, -0.25) is 0 Å². The molecule has 4 rings (SSSR count). The van der Waals surface area contributed by atoms with Crippen molar-refractivity contribution in [3.8, 4) is 24.0 Å². The van der Waals surface area contributed by atoms with Crippen molar-refractivity contribution in [1.82, 2.24) is 29.9 Å². The van der Waals surface area contributed by atoms with Crippen LogP contribution in [-0.2, 0) is 9.47 Å². The normalized spacial score (nSPS) is 18.7. The van der Waals surface area contributed by atoms with Crippen LogP contribution in [0.5, 0.6) is 24.0 Å². The van der Waals surface area contributed by atoms with E-state index in [4.69, 9.17) is 9.47 Å². The zero-order valence-electron chi connectivity index (χ0n) is 48.9. The number of ether oxygens (including phenoxy) is 6. The molecule has 0 aromatic carbocycles. The van der Waals surface area contributed by atoms with Crippen LogP contribution in [0.2, 0.25) is 0 Å². The van der Waals surface area contributed by atoms with Gasteiger partial charge in [-0.2, -0.15) is 248 Å². The lowest BCUT2D eigenvalue weighted by Crippen LogP contribution is -2.70. The van der Waals surface area contributed by atoms with Gasteiger partial charge in [0.15, 0.2) is 26.4 Å². The molecule has 630 valence electrons. The first kappa shape index (κ1) is 93.5. The fourth-order valence-corrected chi connectivity index (χ4v) is 7.55. The second kappa shape index (κ2) is 27.5. The predicted octanol–water partition coefficient (Wildman–Crippen LogP) is 15.6. The van der Waals surface area contributed by atoms with E-state index < -0.39 is 257 Å². The van der Waals surface area contributed by atoms with Gasteiger partial charge in [-0.25, -0.2) is 0 Å². The summed E-state index contributed by atoms with van der Waals surface area (Å²) >= 11 is 0. The summed E-state index contributed by atoms with van der Waals surface area (Å²) in [6.45, 7) is -24.4. The van der Waals surface area contributed by atoms with E-state index in [0.29, 0.717) is 0 Å². The van der Waals surface area contributed by atoms with Crippen LogP contribution >= 0.6 is 0 Å². The van der Waals surface area contributed by atoms with E-state index in [-0.39, 0.29) is 9.80 Å². The molecule has 2 aliphatic rings. The highest BCUT2D eigenvalue weighted by Gasteiger charge is 2.95. The fourth-order valence-electron chi connectivity index (χ4n) is 7.55. The van der Waals surface area contributed by atoms with E-state index in [9.17, 15) is 228 Å². The van der Waals surface area contributed by atoms with Crippen molar-refractivity contribution in [1.29, 1.82) is 0 Å². The highest BCUT2D eigenvalue weighted by atomic mass is 19.5. The van der Waals surface area contributed by atoms with E-state index >= 15 is 0 Å². The molecule has 2 unspecified atom stereocenters. The van der Waals surface area contributed by atoms with E-state index in [0.717, 1.165) is 0 Å². The van der Waals surface area contributed by atoms with Gasteiger partial charge in [-0.1, -0.05) is 0 Å². The molecule has 2 fully saturated rings. The Hall–Kier alpha value is -6.90.